The van der Waals surface area contributed by atoms with E-state index in [2.05, 4.69) is 20.6 Å². The lowest BCUT2D eigenvalue weighted by molar-refractivity contribution is -0.139. The van der Waals surface area contributed by atoms with Crippen molar-refractivity contribution in [3.63, 3.8) is 0 Å². The summed E-state index contributed by atoms with van der Waals surface area (Å²) in [5.74, 6) is -6.07. The molecule has 3 aromatic rings. The topological polar surface area (TPSA) is 86.9 Å². The highest BCUT2D eigenvalue weighted by Crippen LogP contribution is 2.47. The van der Waals surface area contributed by atoms with Crippen LogP contribution in [0.2, 0.25) is 5.02 Å². The van der Waals surface area contributed by atoms with Gasteiger partial charge in [-0.3, -0.25) is 9.59 Å². The van der Waals surface area contributed by atoms with E-state index < -0.39 is 28.8 Å². The van der Waals surface area contributed by atoms with Crippen molar-refractivity contribution in [2.45, 2.75) is 24.7 Å². The smallest absolute Gasteiger partial charge is 0.353 e. The van der Waals surface area contributed by atoms with Gasteiger partial charge in [0.15, 0.2) is 0 Å². The number of aromatic amines is 1. The second kappa shape index (κ2) is 6.84. The Balaban J connectivity index is 1.66. The van der Waals surface area contributed by atoms with Crippen LogP contribution in [0, 0.1) is 5.82 Å². The molecule has 5 rings (SSSR count). The predicted molar refractivity (Wildman–Crippen MR) is 109 cm³/mol. The molecule has 3 N–H and O–H groups in total. The van der Waals surface area contributed by atoms with Crippen molar-refractivity contribution in [2.24, 2.45) is 0 Å². The summed E-state index contributed by atoms with van der Waals surface area (Å²) in [6.45, 7) is 0. The Morgan fingerprint density at radius 3 is 2.61 bits per heavy atom. The molecule has 31 heavy (non-hydrogen) atoms. The van der Waals surface area contributed by atoms with Gasteiger partial charge in [0.2, 0.25) is 0 Å². The molecular weight excluding hydrogens is 433 g/mol. The van der Waals surface area contributed by atoms with E-state index in [0.717, 1.165) is 18.9 Å². The molecule has 1 amide bonds. The van der Waals surface area contributed by atoms with E-state index in [9.17, 15) is 22.8 Å². The lowest BCUT2D eigenvalue weighted by Crippen LogP contribution is -2.24. The highest BCUT2D eigenvalue weighted by molar-refractivity contribution is 6.30. The minimum Gasteiger partial charge on any atom is -0.353 e. The van der Waals surface area contributed by atoms with Crippen molar-refractivity contribution < 1.29 is 18.0 Å². The molecule has 0 unspecified atom stereocenters. The first kappa shape index (κ1) is 19.6. The maximum Gasteiger partial charge on any atom is 0.355 e. The Morgan fingerprint density at radius 2 is 1.87 bits per heavy atom. The van der Waals surface area contributed by atoms with Gasteiger partial charge in [-0.2, -0.15) is 8.78 Å². The molecule has 0 atom stereocenters. The molecule has 3 heterocycles. The number of amides is 1. The second-order valence-electron chi connectivity index (χ2n) is 7.47. The third-order valence-corrected chi connectivity index (χ3v) is 5.56. The van der Waals surface area contributed by atoms with Crippen LogP contribution in [-0.2, 0) is 10.7 Å². The average Bonchev–Trinajstić information content (AvgIpc) is 3.52. The summed E-state index contributed by atoms with van der Waals surface area (Å²) in [5.41, 5.74) is -0.291. The van der Waals surface area contributed by atoms with Crippen LogP contribution < -0.4 is 16.2 Å². The first-order chi connectivity index (χ1) is 14.8. The Hall–Kier alpha value is -3.33. The maximum atomic E-state index is 14.5. The number of carbonyl (C=O) groups is 1. The number of alkyl halides is 2. The van der Waals surface area contributed by atoms with Crippen LogP contribution in [0.3, 0.4) is 0 Å². The number of fused-ring (bicyclic) bond motifs is 1. The largest absolute Gasteiger partial charge is 0.355 e. The summed E-state index contributed by atoms with van der Waals surface area (Å²) in [6, 6.07) is 6.55. The average molecular weight is 447 g/mol. The number of rotatable bonds is 4. The number of carbonyl (C=O) groups excluding carboxylic acids is 1. The molecule has 1 aliphatic heterocycles. The number of nitrogens with zero attached hydrogens (tertiary/aromatic N) is 1. The van der Waals surface area contributed by atoms with Crippen LogP contribution in [0.1, 0.15) is 30.0 Å². The van der Waals surface area contributed by atoms with Crippen molar-refractivity contribution in [1.82, 2.24) is 9.97 Å². The monoisotopic (exact) mass is 446 g/mol. The summed E-state index contributed by atoms with van der Waals surface area (Å²) < 4.78 is 43.3. The molecule has 1 aromatic carbocycles. The van der Waals surface area contributed by atoms with Crippen LogP contribution in [0.25, 0.3) is 11.1 Å². The van der Waals surface area contributed by atoms with E-state index >= 15 is 0 Å². The number of halogens is 4. The molecule has 10 heteroatoms. The Bertz CT molecular complexity index is 1300. The quantitative estimate of drug-likeness (QED) is 0.532. The lowest BCUT2D eigenvalue weighted by atomic mass is 10.0. The molecule has 2 aliphatic rings. The first-order valence-electron chi connectivity index (χ1n) is 9.44. The summed E-state index contributed by atoms with van der Waals surface area (Å²) >= 11 is 5.97. The fraction of sp³-hybridized carbons (Fsp3) is 0.190. The molecule has 158 valence electrons. The maximum absolute atomic E-state index is 14.5. The number of benzene rings is 1. The van der Waals surface area contributed by atoms with Gasteiger partial charge in [0.25, 0.3) is 5.56 Å². The standard InChI is InChI=1S/C21H14ClF3N4O2/c22-10-3-4-13(23)11(7-10)12-8-15(17(9-1-2-9)28-19(12)30)27-14-5-6-26-18-16(14)21(24,25)20(31)29-18/h3-9H,1-2H2,(H,28,30)(H2,26,27,29,31). The van der Waals surface area contributed by atoms with Crippen molar-refractivity contribution in [3.8, 4) is 11.1 Å². The van der Waals surface area contributed by atoms with Gasteiger partial charge in [0.1, 0.15) is 11.6 Å². The molecule has 1 fully saturated rings. The first-order valence-corrected chi connectivity index (χ1v) is 9.82. The summed E-state index contributed by atoms with van der Waals surface area (Å²) in [6.07, 6.45) is 2.92. The van der Waals surface area contributed by atoms with Crippen molar-refractivity contribution in [1.29, 1.82) is 0 Å². The third kappa shape index (κ3) is 3.25. The van der Waals surface area contributed by atoms with Gasteiger partial charge in [-0.25, -0.2) is 9.37 Å². The van der Waals surface area contributed by atoms with E-state index in [1.807, 2.05) is 0 Å². The molecular formula is C21H14ClF3N4O2. The molecule has 0 spiro atoms. The highest BCUT2D eigenvalue weighted by Gasteiger charge is 2.51. The normalized spacial score (nSPS) is 16.7. The van der Waals surface area contributed by atoms with E-state index in [1.165, 1.54) is 30.5 Å². The van der Waals surface area contributed by atoms with Gasteiger partial charge >= 0.3 is 11.8 Å². The van der Waals surface area contributed by atoms with Crippen LogP contribution in [0.5, 0.6) is 0 Å². The third-order valence-electron chi connectivity index (χ3n) is 5.33. The summed E-state index contributed by atoms with van der Waals surface area (Å²) in [4.78, 5) is 30.9. The van der Waals surface area contributed by atoms with Crippen LogP contribution >= 0.6 is 11.6 Å². The molecule has 0 radical (unpaired) electrons. The number of aromatic nitrogens is 2. The van der Waals surface area contributed by atoms with Gasteiger partial charge < -0.3 is 15.6 Å². The lowest BCUT2D eigenvalue weighted by Gasteiger charge is -2.17. The van der Waals surface area contributed by atoms with E-state index in [0.29, 0.717) is 11.4 Å². The number of pyridine rings is 2. The second-order valence-corrected chi connectivity index (χ2v) is 7.91. The Morgan fingerprint density at radius 1 is 1.10 bits per heavy atom. The number of hydrogen-bond acceptors (Lipinski definition) is 4. The van der Waals surface area contributed by atoms with Crippen LogP contribution in [-0.4, -0.2) is 15.9 Å². The number of hydrogen-bond donors (Lipinski definition) is 3. The fourth-order valence-electron chi connectivity index (χ4n) is 3.67. The number of nitrogens with one attached hydrogen (secondary N) is 3. The van der Waals surface area contributed by atoms with E-state index in [4.69, 9.17) is 11.6 Å². The minimum absolute atomic E-state index is 0.00133. The van der Waals surface area contributed by atoms with E-state index in [-0.39, 0.29) is 33.6 Å². The molecule has 6 nitrogen and oxygen atoms in total. The highest BCUT2D eigenvalue weighted by atomic mass is 35.5. The van der Waals surface area contributed by atoms with Crippen molar-refractivity contribution >= 4 is 34.7 Å². The fourth-order valence-corrected chi connectivity index (χ4v) is 3.84. The van der Waals surface area contributed by atoms with Crippen molar-refractivity contribution in [3.05, 3.63) is 69.0 Å². The predicted octanol–water partition coefficient (Wildman–Crippen LogP) is 4.89. The molecule has 2 aromatic heterocycles. The van der Waals surface area contributed by atoms with Gasteiger partial charge in [0, 0.05) is 28.4 Å². The summed E-state index contributed by atoms with van der Waals surface area (Å²) in [7, 11) is 0. The van der Waals surface area contributed by atoms with Gasteiger partial charge in [-0.15, -0.1) is 0 Å². The van der Waals surface area contributed by atoms with Gasteiger partial charge in [-0.1, -0.05) is 11.6 Å². The zero-order valence-electron chi connectivity index (χ0n) is 15.7. The summed E-state index contributed by atoms with van der Waals surface area (Å²) in [5, 5.41) is 5.21. The Labute approximate surface area is 178 Å². The number of H-pyrrole nitrogens is 1. The molecule has 0 saturated heterocycles. The SMILES string of the molecule is O=C1Nc2nccc(Nc3cc(-c4cc(Cl)ccc4F)c(=O)[nH]c3C3CC3)c2C1(F)F. The zero-order chi connectivity index (χ0) is 21.9. The zero-order valence-corrected chi connectivity index (χ0v) is 16.5. The Kier molecular flexibility index (Phi) is 4.33. The molecule has 0 bridgehead atoms. The van der Waals surface area contributed by atoms with Gasteiger partial charge in [-0.05, 0) is 43.2 Å². The van der Waals surface area contributed by atoms with Gasteiger partial charge in [0.05, 0.1) is 22.5 Å². The van der Waals surface area contributed by atoms with E-state index in [1.54, 1.807) is 0 Å². The van der Waals surface area contributed by atoms with Crippen LogP contribution in [0.4, 0.5) is 30.4 Å². The van der Waals surface area contributed by atoms with Crippen molar-refractivity contribution in [2.75, 3.05) is 10.6 Å². The van der Waals surface area contributed by atoms with Crippen LogP contribution in [0.15, 0.2) is 41.3 Å². The molecule has 1 saturated carbocycles. The number of anilines is 3. The molecule has 1 aliphatic carbocycles. The minimum atomic E-state index is -3.77.